The van der Waals surface area contributed by atoms with Crippen molar-refractivity contribution in [2.24, 2.45) is 0 Å². The minimum Gasteiger partial charge on any atom is -0.237 e. The maximum absolute atomic E-state index is 4.42. The lowest BCUT2D eigenvalue weighted by Crippen LogP contribution is -2.31. The molecule has 2 heterocycles. The second-order valence-corrected chi connectivity index (χ2v) is 6.31. The van der Waals surface area contributed by atoms with Crippen molar-refractivity contribution in [3.05, 3.63) is 25.3 Å². The quantitative estimate of drug-likeness (QED) is 0.445. The van der Waals surface area contributed by atoms with Gasteiger partial charge in [0.1, 0.15) is 0 Å². The van der Waals surface area contributed by atoms with Gasteiger partial charge in [-0.25, -0.2) is 9.13 Å². The van der Waals surface area contributed by atoms with Crippen LogP contribution in [-0.2, 0) is 19.8 Å². The van der Waals surface area contributed by atoms with Crippen LogP contribution >= 0.6 is 0 Å². The zero-order valence-corrected chi connectivity index (χ0v) is 14.8. The van der Waals surface area contributed by atoms with E-state index < -0.39 is 0 Å². The minimum absolute atomic E-state index is 0.671. The Balaban J connectivity index is 1.74. The second kappa shape index (κ2) is 10.1. The van der Waals surface area contributed by atoms with Crippen LogP contribution in [0.25, 0.3) is 0 Å². The summed E-state index contributed by atoms with van der Waals surface area (Å²) in [4.78, 5) is 0. The topological polar surface area (TPSA) is 43.4 Å². The Morgan fingerprint density at radius 1 is 0.696 bits per heavy atom. The number of rotatable bonds is 12. The van der Waals surface area contributed by atoms with E-state index in [1.807, 2.05) is 22.0 Å². The van der Waals surface area contributed by atoms with E-state index in [0.29, 0.717) is 6.67 Å². The molecule has 0 aliphatic rings. The Bertz CT molecular complexity index is 497. The van der Waals surface area contributed by atoms with Crippen LogP contribution in [0.1, 0.15) is 65.2 Å². The van der Waals surface area contributed by atoms with Crippen LogP contribution in [0.4, 0.5) is 0 Å². The third kappa shape index (κ3) is 6.50. The number of hydrogen-bond acceptors (Lipinski definition) is 2. The van der Waals surface area contributed by atoms with Crippen LogP contribution in [0.15, 0.2) is 25.3 Å². The molecule has 0 N–H and O–H groups in total. The molecule has 0 saturated heterocycles. The van der Waals surface area contributed by atoms with Gasteiger partial charge >= 0.3 is 0 Å². The molecule has 0 aromatic carbocycles. The number of aryl methyl sites for hydroxylation is 2. The smallest absolute Gasteiger partial charge is 0.237 e. The molecule has 0 unspecified atom stereocenters. The summed E-state index contributed by atoms with van der Waals surface area (Å²) in [7, 11) is 0. The van der Waals surface area contributed by atoms with Gasteiger partial charge in [0.2, 0.25) is 12.7 Å². The predicted octanol–water partition coefficient (Wildman–Crippen LogP) is 2.32. The van der Waals surface area contributed by atoms with E-state index in [9.17, 15) is 0 Å². The van der Waals surface area contributed by atoms with Crippen LogP contribution in [0, 0.1) is 0 Å². The van der Waals surface area contributed by atoms with Gasteiger partial charge in [0.15, 0.2) is 0 Å². The maximum Gasteiger partial charge on any atom is 0.265 e. The molecule has 23 heavy (non-hydrogen) atoms. The normalized spacial score (nSPS) is 11.2. The van der Waals surface area contributed by atoms with E-state index in [4.69, 9.17) is 0 Å². The first-order chi connectivity index (χ1) is 11.3. The summed E-state index contributed by atoms with van der Waals surface area (Å²) in [6, 6.07) is 0. The molecule has 2 rings (SSSR count). The molecule has 0 radical (unpaired) electrons. The van der Waals surface area contributed by atoms with Crippen LogP contribution in [-0.4, -0.2) is 19.6 Å². The molecule has 0 aliphatic carbocycles. The number of aromatic nitrogens is 6. The van der Waals surface area contributed by atoms with E-state index in [1.54, 1.807) is 0 Å². The van der Waals surface area contributed by atoms with Gasteiger partial charge in [-0.1, -0.05) is 61.7 Å². The highest BCUT2D eigenvalue weighted by Crippen LogP contribution is 1.99. The zero-order chi connectivity index (χ0) is 16.3. The van der Waals surface area contributed by atoms with Crippen LogP contribution in [0.5, 0.6) is 0 Å². The maximum atomic E-state index is 4.42. The molecule has 6 nitrogen and oxygen atoms in total. The third-order valence-corrected chi connectivity index (χ3v) is 4.09. The molecule has 0 spiro atoms. The van der Waals surface area contributed by atoms with Crippen molar-refractivity contribution in [2.45, 2.75) is 85.0 Å². The molecule has 0 fully saturated rings. The summed E-state index contributed by atoms with van der Waals surface area (Å²) in [6.45, 7) is 7.26. The highest BCUT2D eigenvalue weighted by molar-refractivity contribution is 4.51. The van der Waals surface area contributed by atoms with Gasteiger partial charge in [-0.05, 0) is 12.8 Å². The van der Waals surface area contributed by atoms with Crippen molar-refractivity contribution < 1.29 is 9.13 Å². The highest BCUT2D eigenvalue weighted by atomic mass is 15.5. The van der Waals surface area contributed by atoms with E-state index in [1.165, 1.54) is 51.4 Å². The van der Waals surface area contributed by atoms with Crippen molar-refractivity contribution in [1.29, 1.82) is 0 Å². The van der Waals surface area contributed by atoms with E-state index in [-0.39, 0.29) is 0 Å². The number of unbranched alkanes of at least 4 members (excludes halogenated alkanes) is 6. The van der Waals surface area contributed by atoms with Crippen LogP contribution < -0.4 is 9.13 Å². The van der Waals surface area contributed by atoms with Gasteiger partial charge in [-0.2, -0.15) is 0 Å². The van der Waals surface area contributed by atoms with Crippen molar-refractivity contribution in [1.82, 2.24) is 19.6 Å². The Morgan fingerprint density at radius 3 is 1.61 bits per heavy atom. The summed E-state index contributed by atoms with van der Waals surface area (Å²) in [6.07, 6.45) is 18.2. The van der Waals surface area contributed by atoms with Crippen LogP contribution in [0.2, 0.25) is 0 Å². The third-order valence-electron chi connectivity index (χ3n) is 4.09. The molecular formula is C17H32N6+2. The molecule has 2 aromatic heterocycles. The molecule has 0 saturated carbocycles. The first-order valence-corrected chi connectivity index (χ1v) is 9.14. The Hall–Kier alpha value is -1.72. The molecule has 0 atom stereocenters. The monoisotopic (exact) mass is 320 g/mol. The fraction of sp³-hybridized carbons (Fsp3) is 0.765. The predicted molar refractivity (Wildman–Crippen MR) is 88.5 cm³/mol. The Kier molecular flexibility index (Phi) is 7.77. The van der Waals surface area contributed by atoms with Gasteiger partial charge in [0.25, 0.3) is 19.3 Å². The number of hydrogen-bond donors (Lipinski definition) is 0. The molecule has 128 valence electrons. The second-order valence-electron chi connectivity index (χ2n) is 6.31. The molecular weight excluding hydrogens is 288 g/mol. The molecule has 2 aromatic rings. The Labute approximate surface area is 139 Å². The standard InChI is InChI=1S/C17H32N6/c1-3-5-7-9-11-20-13-18-22(15-20)17-23-16-21(14-19-23)12-10-8-6-4-2/h13-16H,3-12,17H2,1-2H3/q+2. The lowest BCUT2D eigenvalue weighted by Gasteiger charge is -1.96. The largest absolute Gasteiger partial charge is 0.265 e. The first kappa shape index (κ1) is 17.6. The average Bonchev–Trinajstić information content (AvgIpc) is 3.18. The molecule has 0 aliphatic heterocycles. The number of nitrogens with zero attached hydrogens (tertiary/aromatic N) is 6. The van der Waals surface area contributed by atoms with Gasteiger partial charge < -0.3 is 0 Å². The van der Waals surface area contributed by atoms with Gasteiger partial charge in [-0.3, -0.25) is 0 Å². The molecule has 0 bridgehead atoms. The first-order valence-electron chi connectivity index (χ1n) is 9.14. The van der Waals surface area contributed by atoms with Crippen molar-refractivity contribution in [2.75, 3.05) is 0 Å². The highest BCUT2D eigenvalue weighted by Gasteiger charge is 2.12. The summed E-state index contributed by atoms with van der Waals surface area (Å²) in [5.74, 6) is 0. The van der Waals surface area contributed by atoms with E-state index >= 15 is 0 Å². The molecule has 0 amide bonds. The Morgan fingerprint density at radius 2 is 1.17 bits per heavy atom. The fourth-order valence-electron chi connectivity index (χ4n) is 2.69. The summed E-state index contributed by atoms with van der Waals surface area (Å²) >= 11 is 0. The molecule has 6 heteroatoms. The van der Waals surface area contributed by atoms with E-state index in [2.05, 4.69) is 45.8 Å². The lowest BCUT2D eigenvalue weighted by molar-refractivity contribution is -0.698. The van der Waals surface area contributed by atoms with Crippen molar-refractivity contribution in [3.8, 4) is 0 Å². The van der Waals surface area contributed by atoms with Gasteiger partial charge in [-0.15, -0.1) is 0 Å². The zero-order valence-electron chi connectivity index (χ0n) is 14.8. The minimum atomic E-state index is 0.671. The van der Waals surface area contributed by atoms with Crippen molar-refractivity contribution in [3.63, 3.8) is 0 Å². The fourth-order valence-corrected chi connectivity index (χ4v) is 2.69. The van der Waals surface area contributed by atoms with Gasteiger partial charge in [0, 0.05) is 10.2 Å². The SMILES string of the molecule is CCCCCC[n+]1cnn(Cn2c[n+](CCCCCC)cn2)c1. The van der Waals surface area contributed by atoms with Gasteiger partial charge in [0.05, 0.1) is 13.1 Å². The summed E-state index contributed by atoms with van der Waals surface area (Å²) in [5.41, 5.74) is 0. The lowest BCUT2D eigenvalue weighted by atomic mass is 10.2. The van der Waals surface area contributed by atoms with Crippen molar-refractivity contribution >= 4 is 0 Å². The summed E-state index contributed by atoms with van der Waals surface area (Å²) < 4.78 is 8.21. The van der Waals surface area contributed by atoms with Crippen LogP contribution in [0.3, 0.4) is 0 Å². The average molecular weight is 320 g/mol. The summed E-state index contributed by atoms with van der Waals surface area (Å²) in [5, 5.41) is 8.83. The van der Waals surface area contributed by atoms with E-state index in [0.717, 1.165) is 13.1 Å².